The molecule has 0 bridgehead atoms. The van der Waals surface area contributed by atoms with E-state index in [2.05, 4.69) is 12.2 Å². The van der Waals surface area contributed by atoms with Crippen LogP contribution in [0.15, 0.2) is 0 Å². The highest BCUT2D eigenvalue weighted by Gasteiger charge is 2.38. The van der Waals surface area contributed by atoms with Gasteiger partial charge in [-0.05, 0) is 44.4 Å². The third-order valence-corrected chi connectivity index (χ3v) is 4.35. The van der Waals surface area contributed by atoms with Crippen LogP contribution in [0.4, 0.5) is 0 Å². The Kier molecular flexibility index (Phi) is 4.43. The third kappa shape index (κ3) is 3.44. The minimum atomic E-state index is -0.0739. The Bertz CT molecular complexity index is 257. The van der Waals surface area contributed by atoms with E-state index in [0.717, 1.165) is 5.92 Å². The van der Waals surface area contributed by atoms with E-state index in [-0.39, 0.29) is 12.0 Å². The van der Waals surface area contributed by atoms with Crippen molar-refractivity contribution in [2.45, 2.75) is 64.0 Å². The Morgan fingerprint density at radius 2 is 1.76 bits per heavy atom. The molecule has 0 heterocycles. The number of rotatable bonds is 5. The Hall–Kier alpha value is -0.570. The molecule has 0 aromatic heterocycles. The lowest BCUT2D eigenvalue weighted by Gasteiger charge is -2.31. The molecule has 2 saturated carbocycles. The molecule has 3 heteroatoms. The zero-order valence-corrected chi connectivity index (χ0v) is 11.1. The van der Waals surface area contributed by atoms with Crippen molar-refractivity contribution in [2.24, 2.45) is 11.8 Å². The summed E-state index contributed by atoms with van der Waals surface area (Å²) in [5.41, 5.74) is 0. The Balaban J connectivity index is 1.85. The minimum Gasteiger partial charge on any atom is -0.468 e. The SMILES string of the molecule is COC(=O)C(N[C@H](C)C1CCCCC1)C1CC1. The molecule has 0 spiro atoms. The van der Waals surface area contributed by atoms with Crippen LogP contribution in [-0.2, 0) is 9.53 Å². The molecule has 1 N–H and O–H groups in total. The molecule has 2 aliphatic carbocycles. The zero-order valence-electron chi connectivity index (χ0n) is 11.1. The second kappa shape index (κ2) is 5.85. The molecule has 0 amide bonds. The summed E-state index contributed by atoms with van der Waals surface area (Å²) in [4.78, 5) is 11.7. The number of carbonyl (C=O) groups excluding carboxylic acids is 1. The summed E-state index contributed by atoms with van der Waals surface area (Å²) in [6, 6.07) is 0.386. The quantitative estimate of drug-likeness (QED) is 0.749. The van der Waals surface area contributed by atoms with Gasteiger partial charge in [-0.25, -0.2) is 0 Å². The van der Waals surface area contributed by atoms with Gasteiger partial charge in [0.25, 0.3) is 0 Å². The van der Waals surface area contributed by atoms with Crippen molar-refractivity contribution in [3.63, 3.8) is 0 Å². The average molecular weight is 239 g/mol. The molecular formula is C14H25NO2. The molecule has 98 valence electrons. The van der Waals surface area contributed by atoms with Crippen LogP contribution in [0.2, 0.25) is 0 Å². The first-order valence-electron chi connectivity index (χ1n) is 7.06. The van der Waals surface area contributed by atoms with E-state index in [1.165, 1.54) is 52.1 Å². The fraction of sp³-hybridized carbons (Fsp3) is 0.929. The predicted octanol–water partition coefficient (Wildman–Crippen LogP) is 2.50. The largest absolute Gasteiger partial charge is 0.468 e. The summed E-state index contributed by atoms with van der Waals surface area (Å²) < 4.78 is 4.90. The smallest absolute Gasteiger partial charge is 0.323 e. The first-order chi connectivity index (χ1) is 8.22. The topological polar surface area (TPSA) is 38.3 Å². The first kappa shape index (κ1) is 12.9. The van der Waals surface area contributed by atoms with Crippen molar-refractivity contribution in [1.82, 2.24) is 5.32 Å². The number of carbonyl (C=O) groups is 1. The van der Waals surface area contributed by atoms with Crippen LogP contribution in [0.25, 0.3) is 0 Å². The molecular weight excluding hydrogens is 214 g/mol. The van der Waals surface area contributed by atoms with Gasteiger partial charge in [0.2, 0.25) is 0 Å². The Morgan fingerprint density at radius 3 is 2.29 bits per heavy atom. The minimum absolute atomic E-state index is 0.0584. The summed E-state index contributed by atoms with van der Waals surface area (Å²) in [5.74, 6) is 1.19. The van der Waals surface area contributed by atoms with E-state index in [0.29, 0.717) is 12.0 Å². The number of nitrogens with one attached hydrogen (secondary N) is 1. The van der Waals surface area contributed by atoms with E-state index in [4.69, 9.17) is 4.74 Å². The predicted molar refractivity (Wildman–Crippen MR) is 67.7 cm³/mol. The molecule has 17 heavy (non-hydrogen) atoms. The molecule has 0 radical (unpaired) electrons. The normalized spacial score (nSPS) is 25.3. The van der Waals surface area contributed by atoms with Crippen molar-refractivity contribution in [2.75, 3.05) is 7.11 Å². The third-order valence-electron chi connectivity index (χ3n) is 4.35. The Labute approximate surface area is 104 Å². The molecule has 2 atom stereocenters. The standard InChI is InChI=1S/C14H25NO2/c1-10(11-6-4-3-5-7-11)15-13(12-8-9-12)14(16)17-2/h10-13,15H,3-9H2,1-2H3/t10-,13?/m1/s1. The summed E-state index contributed by atoms with van der Waals surface area (Å²) in [5, 5.41) is 3.52. The second-order valence-corrected chi connectivity index (χ2v) is 5.69. The lowest BCUT2D eigenvalue weighted by atomic mass is 9.84. The van der Waals surface area contributed by atoms with Crippen molar-refractivity contribution < 1.29 is 9.53 Å². The summed E-state index contributed by atoms with van der Waals surface area (Å²) in [7, 11) is 1.49. The van der Waals surface area contributed by atoms with Crippen LogP contribution in [-0.4, -0.2) is 25.2 Å². The van der Waals surface area contributed by atoms with E-state index < -0.39 is 0 Å². The molecule has 2 fully saturated rings. The molecule has 0 aromatic carbocycles. The summed E-state index contributed by atoms with van der Waals surface area (Å²) in [6.07, 6.45) is 9.05. The van der Waals surface area contributed by atoms with E-state index in [1.807, 2.05) is 0 Å². The van der Waals surface area contributed by atoms with Gasteiger partial charge in [-0.15, -0.1) is 0 Å². The van der Waals surface area contributed by atoms with Crippen LogP contribution in [0, 0.1) is 11.8 Å². The van der Waals surface area contributed by atoms with E-state index in [1.54, 1.807) is 0 Å². The maximum Gasteiger partial charge on any atom is 0.323 e. The van der Waals surface area contributed by atoms with Crippen molar-refractivity contribution in [1.29, 1.82) is 0 Å². The lowest BCUT2D eigenvalue weighted by Crippen LogP contribution is -2.47. The van der Waals surface area contributed by atoms with Gasteiger partial charge in [0.15, 0.2) is 0 Å². The van der Waals surface area contributed by atoms with E-state index >= 15 is 0 Å². The van der Waals surface area contributed by atoms with Gasteiger partial charge >= 0.3 is 5.97 Å². The maximum atomic E-state index is 11.7. The van der Waals surface area contributed by atoms with Crippen LogP contribution in [0.3, 0.4) is 0 Å². The molecule has 0 aliphatic heterocycles. The molecule has 1 unspecified atom stereocenters. The molecule has 0 saturated heterocycles. The fourth-order valence-electron chi connectivity index (χ4n) is 3.01. The van der Waals surface area contributed by atoms with Gasteiger partial charge in [-0.2, -0.15) is 0 Å². The Morgan fingerprint density at radius 1 is 1.12 bits per heavy atom. The maximum absolute atomic E-state index is 11.7. The summed E-state index contributed by atoms with van der Waals surface area (Å²) >= 11 is 0. The van der Waals surface area contributed by atoms with Gasteiger partial charge in [0.1, 0.15) is 6.04 Å². The summed E-state index contributed by atoms with van der Waals surface area (Å²) in [6.45, 7) is 2.23. The van der Waals surface area contributed by atoms with Gasteiger partial charge in [-0.1, -0.05) is 19.3 Å². The first-order valence-corrected chi connectivity index (χ1v) is 7.06. The number of methoxy groups -OCH3 is 1. The fourth-order valence-corrected chi connectivity index (χ4v) is 3.01. The highest BCUT2D eigenvalue weighted by molar-refractivity contribution is 5.76. The monoisotopic (exact) mass is 239 g/mol. The number of hydrogen-bond donors (Lipinski definition) is 1. The molecule has 2 aliphatic rings. The molecule has 0 aromatic rings. The lowest BCUT2D eigenvalue weighted by molar-refractivity contribution is -0.144. The zero-order chi connectivity index (χ0) is 12.3. The molecule has 3 nitrogen and oxygen atoms in total. The average Bonchev–Trinajstić information content (AvgIpc) is 3.20. The number of esters is 1. The highest BCUT2D eigenvalue weighted by Crippen LogP contribution is 2.34. The van der Waals surface area contributed by atoms with Crippen LogP contribution in [0.1, 0.15) is 51.9 Å². The van der Waals surface area contributed by atoms with Crippen LogP contribution >= 0.6 is 0 Å². The second-order valence-electron chi connectivity index (χ2n) is 5.69. The van der Waals surface area contributed by atoms with E-state index in [9.17, 15) is 4.79 Å². The highest BCUT2D eigenvalue weighted by atomic mass is 16.5. The van der Waals surface area contributed by atoms with Crippen molar-refractivity contribution >= 4 is 5.97 Å². The van der Waals surface area contributed by atoms with Crippen molar-refractivity contribution in [3.8, 4) is 0 Å². The van der Waals surface area contributed by atoms with Crippen molar-refractivity contribution in [3.05, 3.63) is 0 Å². The number of ether oxygens (including phenoxy) is 1. The van der Waals surface area contributed by atoms with Crippen LogP contribution in [0.5, 0.6) is 0 Å². The van der Waals surface area contributed by atoms with Gasteiger partial charge in [0.05, 0.1) is 7.11 Å². The van der Waals surface area contributed by atoms with Gasteiger partial charge < -0.3 is 10.1 Å². The number of hydrogen-bond acceptors (Lipinski definition) is 3. The molecule has 2 rings (SSSR count). The van der Waals surface area contributed by atoms with Gasteiger partial charge in [-0.3, -0.25) is 4.79 Å². The van der Waals surface area contributed by atoms with Crippen LogP contribution < -0.4 is 5.32 Å². The van der Waals surface area contributed by atoms with Gasteiger partial charge in [0, 0.05) is 6.04 Å².